The molecule has 0 aromatic carbocycles. The van der Waals surface area contributed by atoms with Crippen LogP contribution in [0.3, 0.4) is 0 Å². The van der Waals surface area contributed by atoms with Crippen LogP contribution in [0.5, 0.6) is 0 Å². The lowest BCUT2D eigenvalue weighted by atomic mass is 10.0. The van der Waals surface area contributed by atoms with E-state index in [0.29, 0.717) is 11.1 Å². The van der Waals surface area contributed by atoms with Crippen LogP contribution in [-0.2, 0) is 0 Å². The second kappa shape index (κ2) is 5.19. The third-order valence-electron chi connectivity index (χ3n) is 3.01. The molecule has 90 valence electrons. The summed E-state index contributed by atoms with van der Waals surface area (Å²) in [5.74, 6) is 2.53. The maximum Gasteiger partial charge on any atom is 0.232 e. The molecule has 1 aliphatic rings. The van der Waals surface area contributed by atoms with Gasteiger partial charge < -0.3 is 9.63 Å². The summed E-state index contributed by atoms with van der Waals surface area (Å²) in [6.07, 6.45) is 2.74. The van der Waals surface area contributed by atoms with Crippen molar-refractivity contribution in [3.05, 3.63) is 11.7 Å². The lowest BCUT2D eigenvalue weighted by Gasteiger charge is -2.12. The van der Waals surface area contributed by atoms with Crippen molar-refractivity contribution in [2.75, 3.05) is 5.75 Å². The van der Waals surface area contributed by atoms with Gasteiger partial charge in [-0.15, -0.1) is 0 Å². The van der Waals surface area contributed by atoms with Crippen molar-refractivity contribution in [1.29, 1.82) is 0 Å². The zero-order valence-corrected chi connectivity index (χ0v) is 10.5. The Morgan fingerprint density at radius 1 is 1.62 bits per heavy atom. The molecule has 0 radical (unpaired) electrons. The van der Waals surface area contributed by atoms with Crippen LogP contribution in [0, 0.1) is 0 Å². The molecule has 0 spiro atoms. The van der Waals surface area contributed by atoms with Crippen LogP contribution in [-0.4, -0.2) is 27.1 Å². The average molecular weight is 242 g/mol. The predicted octanol–water partition coefficient (Wildman–Crippen LogP) is 2.51. The van der Waals surface area contributed by atoms with Crippen LogP contribution in [0.15, 0.2) is 4.52 Å². The van der Waals surface area contributed by atoms with Gasteiger partial charge in [-0.3, -0.25) is 0 Å². The minimum Gasteiger partial charge on any atom is -0.393 e. The summed E-state index contributed by atoms with van der Waals surface area (Å²) < 4.78 is 5.26. The number of hydrogen-bond acceptors (Lipinski definition) is 5. The van der Waals surface area contributed by atoms with E-state index in [1.165, 1.54) is 12.2 Å². The van der Waals surface area contributed by atoms with Gasteiger partial charge in [0.2, 0.25) is 5.89 Å². The molecule has 0 saturated carbocycles. The lowest BCUT2D eigenvalue weighted by molar-refractivity contribution is 0.141. The van der Waals surface area contributed by atoms with E-state index >= 15 is 0 Å². The van der Waals surface area contributed by atoms with E-state index in [-0.39, 0.29) is 5.92 Å². The van der Waals surface area contributed by atoms with Crippen molar-refractivity contribution in [3.8, 4) is 0 Å². The molecule has 1 N–H and O–H groups in total. The molecule has 1 saturated heterocycles. The Bertz CT molecular complexity index is 334. The fraction of sp³-hybridized carbons (Fsp3) is 0.818. The topological polar surface area (TPSA) is 59.2 Å². The summed E-state index contributed by atoms with van der Waals surface area (Å²) in [7, 11) is 0. The van der Waals surface area contributed by atoms with Crippen molar-refractivity contribution in [2.45, 2.75) is 50.4 Å². The standard InChI is InChI=1S/C11H18N2O2S/c1-3-8(7(2)14)11-12-10(13-15-11)9-5-4-6-16-9/h7-9,14H,3-6H2,1-2H3. The summed E-state index contributed by atoms with van der Waals surface area (Å²) >= 11 is 1.89. The van der Waals surface area contributed by atoms with Crippen LogP contribution in [0.1, 0.15) is 56.0 Å². The highest BCUT2D eigenvalue weighted by Crippen LogP contribution is 2.38. The van der Waals surface area contributed by atoms with E-state index < -0.39 is 6.10 Å². The first-order valence-corrected chi connectivity index (χ1v) is 6.90. The molecule has 5 heteroatoms. The number of aromatic nitrogens is 2. The highest BCUT2D eigenvalue weighted by molar-refractivity contribution is 7.99. The maximum absolute atomic E-state index is 9.61. The molecular formula is C11H18N2O2S. The van der Waals surface area contributed by atoms with Crippen molar-refractivity contribution < 1.29 is 9.63 Å². The Hall–Kier alpha value is -0.550. The number of aliphatic hydroxyl groups is 1. The second-order valence-corrected chi connectivity index (χ2v) is 5.56. The molecule has 16 heavy (non-hydrogen) atoms. The van der Waals surface area contributed by atoms with Gasteiger partial charge in [0.25, 0.3) is 0 Å². The van der Waals surface area contributed by atoms with Gasteiger partial charge in [0, 0.05) is 0 Å². The van der Waals surface area contributed by atoms with E-state index in [0.717, 1.165) is 18.7 Å². The van der Waals surface area contributed by atoms with E-state index in [1.54, 1.807) is 6.92 Å². The van der Waals surface area contributed by atoms with Crippen molar-refractivity contribution >= 4 is 11.8 Å². The van der Waals surface area contributed by atoms with Gasteiger partial charge in [-0.1, -0.05) is 12.1 Å². The van der Waals surface area contributed by atoms with Crippen molar-refractivity contribution in [1.82, 2.24) is 10.1 Å². The first kappa shape index (κ1) is 11.9. The van der Waals surface area contributed by atoms with Gasteiger partial charge in [-0.2, -0.15) is 16.7 Å². The fourth-order valence-electron chi connectivity index (χ4n) is 2.03. The third kappa shape index (κ3) is 2.40. The molecule has 1 aromatic heterocycles. The van der Waals surface area contributed by atoms with Gasteiger partial charge in [-0.25, -0.2) is 0 Å². The highest BCUT2D eigenvalue weighted by Gasteiger charge is 2.26. The zero-order chi connectivity index (χ0) is 11.5. The first-order valence-electron chi connectivity index (χ1n) is 5.85. The molecule has 4 nitrogen and oxygen atoms in total. The van der Waals surface area contributed by atoms with Crippen LogP contribution >= 0.6 is 11.8 Å². The molecule has 3 unspecified atom stereocenters. The number of rotatable bonds is 4. The molecule has 0 bridgehead atoms. The Labute approximate surface area is 99.8 Å². The van der Waals surface area contributed by atoms with Crippen LogP contribution in [0.4, 0.5) is 0 Å². The summed E-state index contributed by atoms with van der Waals surface area (Å²) in [5.41, 5.74) is 0. The van der Waals surface area contributed by atoms with Gasteiger partial charge >= 0.3 is 0 Å². The highest BCUT2D eigenvalue weighted by atomic mass is 32.2. The molecule has 0 aliphatic carbocycles. The molecule has 1 aromatic rings. The van der Waals surface area contributed by atoms with Gasteiger partial charge in [0.05, 0.1) is 17.3 Å². The summed E-state index contributed by atoms with van der Waals surface area (Å²) in [4.78, 5) is 4.43. The van der Waals surface area contributed by atoms with E-state index in [9.17, 15) is 5.11 Å². The Kier molecular flexibility index (Phi) is 3.86. The van der Waals surface area contributed by atoms with E-state index in [2.05, 4.69) is 10.1 Å². The minimum atomic E-state index is -0.436. The van der Waals surface area contributed by atoms with Crippen molar-refractivity contribution in [3.63, 3.8) is 0 Å². The molecular weight excluding hydrogens is 224 g/mol. The zero-order valence-electron chi connectivity index (χ0n) is 9.72. The Balaban J connectivity index is 2.11. The summed E-state index contributed by atoms with van der Waals surface area (Å²) in [6.45, 7) is 3.79. The SMILES string of the molecule is CCC(c1nc(C2CCCS2)no1)C(C)O. The first-order chi connectivity index (χ1) is 7.72. The molecule has 1 fully saturated rings. The summed E-state index contributed by atoms with van der Waals surface area (Å²) in [5, 5.41) is 14.0. The fourth-order valence-corrected chi connectivity index (χ4v) is 3.23. The average Bonchev–Trinajstić information content (AvgIpc) is 2.86. The number of aliphatic hydroxyl groups excluding tert-OH is 1. The maximum atomic E-state index is 9.61. The normalized spacial score (nSPS) is 24.6. The molecule has 0 amide bonds. The lowest BCUT2D eigenvalue weighted by Crippen LogP contribution is -2.14. The third-order valence-corrected chi connectivity index (χ3v) is 4.39. The Morgan fingerprint density at radius 3 is 3.00 bits per heavy atom. The number of hydrogen-bond donors (Lipinski definition) is 1. The quantitative estimate of drug-likeness (QED) is 0.879. The second-order valence-electron chi connectivity index (χ2n) is 4.25. The van der Waals surface area contributed by atoms with Crippen LogP contribution in [0.2, 0.25) is 0 Å². The van der Waals surface area contributed by atoms with Gasteiger partial charge in [0.15, 0.2) is 5.82 Å². The van der Waals surface area contributed by atoms with Crippen LogP contribution < -0.4 is 0 Å². The molecule has 1 aliphatic heterocycles. The smallest absolute Gasteiger partial charge is 0.232 e. The number of nitrogens with zero attached hydrogens (tertiary/aromatic N) is 2. The monoisotopic (exact) mass is 242 g/mol. The van der Waals surface area contributed by atoms with Gasteiger partial charge in [-0.05, 0) is 31.9 Å². The molecule has 3 atom stereocenters. The minimum absolute atomic E-state index is 0.0346. The Morgan fingerprint density at radius 2 is 2.44 bits per heavy atom. The number of thioether (sulfide) groups is 1. The summed E-state index contributed by atoms with van der Waals surface area (Å²) in [6, 6.07) is 0. The molecule has 2 rings (SSSR count). The largest absolute Gasteiger partial charge is 0.393 e. The predicted molar refractivity (Wildman–Crippen MR) is 63.4 cm³/mol. The van der Waals surface area contributed by atoms with Gasteiger partial charge in [0.1, 0.15) is 0 Å². The van der Waals surface area contributed by atoms with Crippen LogP contribution in [0.25, 0.3) is 0 Å². The van der Waals surface area contributed by atoms with E-state index in [1.807, 2.05) is 18.7 Å². The van der Waals surface area contributed by atoms with Crippen molar-refractivity contribution in [2.24, 2.45) is 0 Å². The van der Waals surface area contributed by atoms with E-state index in [4.69, 9.17) is 4.52 Å². The molecule has 2 heterocycles.